The Balaban J connectivity index is 1.73. The summed E-state index contributed by atoms with van der Waals surface area (Å²) in [6.07, 6.45) is 6.51. The Bertz CT molecular complexity index is 709. The summed E-state index contributed by atoms with van der Waals surface area (Å²) in [6.45, 7) is 1.81. The number of amides is 1. The normalized spacial score (nSPS) is 21.0. The van der Waals surface area contributed by atoms with Gasteiger partial charge in [-0.2, -0.15) is 5.26 Å². The number of rotatable bonds is 5. The fourth-order valence-corrected chi connectivity index (χ4v) is 4.40. The molecule has 8 heteroatoms. The minimum Gasteiger partial charge on any atom is -0.326 e. The number of carbonyl (C=O) groups is 1. The topological polar surface area (TPSA) is 94.8 Å². The highest BCUT2D eigenvalue weighted by Crippen LogP contribution is 2.38. The van der Waals surface area contributed by atoms with Crippen LogP contribution in [-0.2, 0) is 4.79 Å². The van der Waals surface area contributed by atoms with Crippen LogP contribution in [0.3, 0.4) is 0 Å². The van der Waals surface area contributed by atoms with Gasteiger partial charge in [-0.05, 0) is 32.6 Å². The molecule has 1 aromatic rings. The number of carbonyl (C=O) groups excluding carboxylic acids is 1. The number of hydrogen-bond acceptors (Lipinski definition) is 5. The first kappa shape index (κ1) is 17.1. The van der Waals surface area contributed by atoms with Crippen molar-refractivity contribution in [3.05, 3.63) is 10.5 Å². The Morgan fingerprint density at radius 3 is 2.71 bits per heavy atom. The van der Waals surface area contributed by atoms with Gasteiger partial charge in [-0.1, -0.05) is 31.0 Å². The zero-order valence-corrected chi connectivity index (χ0v) is 14.9. The van der Waals surface area contributed by atoms with Gasteiger partial charge < -0.3 is 4.90 Å². The summed E-state index contributed by atoms with van der Waals surface area (Å²) in [5, 5.41) is 16.4. The molecule has 0 aliphatic heterocycles. The summed E-state index contributed by atoms with van der Waals surface area (Å²) >= 11 is 1.29. The molecule has 130 valence electrons. The molecule has 2 fully saturated rings. The lowest BCUT2D eigenvalue weighted by molar-refractivity contribution is -0.133. The van der Waals surface area contributed by atoms with Crippen molar-refractivity contribution in [1.29, 1.82) is 5.26 Å². The van der Waals surface area contributed by atoms with Gasteiger partial charge in [0, 0.05) is 13.1 Å². The van der Waals surface area contributed by atoms with Crippen LogP contribution in [0, 0.1) is 11.3 Å². The molecule has 1 amide bonds. The molecular weight excluding hydrogens is 326 g/mol. The van der Waals surface area contributed by atoms with Crippen LogP contribution in [0.2, 0.25) is 0 Å². The molecule has 3 rings (SSSR count). The second-order valence-corrected chi connectivity index (χ2v) is 8.08. The van der Waals surface area contributed by atoms with Gasteiger partial charge in [0.25, 0.3) is 0 Å². The second kappa shape index (κ2) is 6.63. The Morgan fingerprint density at radius 2 is 2.12 bits per heavy atom. The van der Waals surface area contributed by atoms with Crippen molar-refractivity contribution in [3.63, 3.8) is 0 Å². The lowest BCUT2D eigenvalue weighted by atomic mass is 9.81. The average molecular weight is 349 g/mol. The Hall–Kier alpha value is -1.75. The maximum atomic E-state index is 12.8. The number of nitriles is 1. The van der Waals surface area contributed by atoms with Gasteiger partial charge in [-0.3, -0.25) is 9.36 Å². The molecule has 24 heavy (non-hydrogen) atoms. The van der Waals surface area contributed by atoms with E-state index >= 15 is 0 Å². The van der Waals surface area contributed by atoms with E-state index in [-0.39, 0.29) is 17.6 Å². The van der Waals surface area contributed by atoms with E-state index in [0.717, 1.165) is 44.9 Å². The van der Waals surface area contributed by atoms with E-state index in [2.05, 4.69) is 16.3 Å². The third-order valence-electron chi connectivity index (χ3n) is 5.08. The van der Waals surface area contributed by atoms with E-state index in [4.69, 9.17) is 0 Å². The summed E-state index contributed by atoms with van der Waals surface area (Å²) in [5.41, 5.74) is -0.903. The minimum atomic E-state index is -0.689. The van der Waals surface area contributed by atoms with Crippen molar-refractivity contribution in [2.75, 3.05) is 7.05 Å². The first-order valence-corrected chi connectivity index (χ1v) is 9.39. The van der Waals surface area contributed by atoms with Crippen LogP contribution in [0.15, 0.2) is 9.95 Å². The molecule has 7 nitrogen and oxygen atoms in total. The fourth-order valence-electron chi connectivity index (χ4n) is 3.38. The molecule has 0 radical (unpaired) electrons. The molecule has 0 aromatic carbocycles. The summed E-state index contributed by atoms with van der Waals surface area (Å²) in [4.78, 5) is 26.3. The second-order valence-electron chi connectivity index (χ2n) is 6.77. The van der Waals surface area contributed by atoms with Crippen LogP contribution in [-0.4, -0.2) is 43.4 Å². The lowest BCUT2D eigenvalue weighted by Crippen LogP contribution is -2.52. The molecule has 1 heterocycles. The highest BCUT2D eigenvalue weighted by atomic mass is 32.2. The zero-order chi connectivity index (χ0) is 17.3. The van der Waals surface area contributed by atoms with E-state index in [0.29, 0.717) is 5.16 Å². The van der Waals surface area contributed by atoms with E-state index in [1.165, 1.54) is 11.8 Å². The smallest absolute Gasteiger partial charge is 0.326 e. The van der Waals surface area contributed by atoms with Crippen molar-refractivity contribution in [1.82, 2.24) is 19.7 Å². The summed E-state index contributed by atoms with van der Waals surface area (Å²) in [6, 6.07) is 2.59. The molecule has 1 aromatic heterocycles. The Morgan fingerprint density at radius 1 is 1.46 bits per heavy atom. The van der Waals surface area contributed by atoms with Crippen molar-refractivity contribution in [2.45, 2.75) is 73.9 Å². The number of thioether (sulfide) groups is 1. The van der Waals surface area contributed by atoms with Crippen LogP contribution >= 0.6 is 11.8 Å². The van der Waals surface area contributed by atoms with Crippen molar-refractivity contribution < 1.29 is 4.79 Å². The number of aromatic amines is 1. The van der Waals surface area contributed by atoms with E-state index in [9.17, 15) is 14.9 Å². The molecule has 0 saturated heterocycles. The predicted molar refractivity (Wildman–Crippen MR) is 90.6 cm³/mol. The molecule has 0 bridgehead atoms. The fraction of sp³-hybridized carbons (Fsp3) is 0.750. The summed E-state index contributed by atoms with van der Waals surface area (Å²) in [7, 11) is 1.73. The third kappa shape index (κ3) is 3.09. The molecule has 2 aliphatic rings. The number of nitrogens with one attached hydrogen (secondary N) is 1. The van der Waals surface area contributed by atoms with E-state index < -0.39 is 10.8 Å². The van der Waals surface area contributed by atoms with Crippen LogP contribution in [0.25, 0.3) is 0 Å². The number of H-pyrrole nitrogens is 1. The van der Waals surface area contributed by atoms with Gasteiger partial charge in [-0.15, -0.1) is 5.10 Å². The van der Waals surface area contributed by atoms with Crippen LogP contribution in [0.5, 0.6) is 0 Å². The summed E-state index contributed by atoms with van der Waals surface area (Å²) in [5.74, 6) is -0.0822. The van der Waals surface area contributed by atoms with E-state index in [1.54, 1.807) is 16.5 Å². The number of nitrogens with zero attached hydrogens (tertiary/aromatic N) is 4. The molecule has 0 unspecified atom stereocenters. The Kier molecular flexibility index (Phi) is 4.72. The highest BCUT2D eigenvalue weighted by Gasteiger charge is 2.40. The molecule has 1 N–H and O–H groups in total. The quantitative estimate of drug-likeness (QED) is 0.821. The summed E-state index contributed by atoms with van der Waals surface area (Å²) < 4.78 is 1.65. The zero-order valence-electron chi connectivity index (χ0n) is 14.1. The lowest BCUT2D eigenvalue weighted by Gasteiger charge is -2.40. The standard InChI is InChI=1S/C16H23N5O2S/c1-11(24-15-19-18-14(23)21(15)12-6-7-12)13(22)20(2)16(10-17)8-4-3-5-9-16/h11-12H,3-9H2,1-2H3,(H,18,23)/t11-/m1/s1. The van der Waals surface area contributed by atoms with Crippen molar-refractivity contribution in [2.24, 2.45) is 0 Å². The average Bonchev–Trinajstić information content (AvgIpc) is 3.37. The molecular formula is C16H23N5O2S. The molecule has 1 atom stereocenters. The van der Waals surface area contributed by atoms with E-state index in [1.807, 2.05) is 6.92 Å². The van der Waals surface area contributed by atoms with Gasteiger partial charge in [0.05, 0.1) is 11.3 Å². The predicted octanol–water partition coefficient (Wildman–Crippen LogP) is 2.07. The van der Waals surface area contributed by atoms with Crippen LogP contribution in [0.4, 0.5) is 0 Å². The minimum absolute atomic E-state index is 0.0822. The maximum absolute atomic E-state index is 12.8. The third-order valence-corrected chi connectivity index (χ3v) is 6.13. The van der Waals surface area contributed by atoms with Gasteiger partial charge in [-0.25, -0.2) is 9.89 Å². The van der Waals surface area contributed by atoms with Crippen LogP contribution < -0.4 is 5.69 Å². The molecule has 2 saturated carbocycles. The van der Waals surface area contributed by atoms with Gasteiger partial charge in [0.1, 0.15) is 5.54 Å². The van der Waals surface area contributed by atoms with Gasteiger partial charge >= 0.3 is 5.69 Å². The Labute approximate surface area is 145 Å². The maximum Gasteiger partial charge on any atom is 0.344 e. The number of aromatic nitrogens is 3. The first-order chi connectivity index (χ1) is 11.5. The van der Waals surface area contributed by atoms with Crippen molar-refractivity contribution in [3.8, 4) is 6.07 Å². The SMILES string of the molecule is C[C@@H](Sc1n[nH]c(=O)n1C1CC1)C(=O)N(C)C1(C#N)CCCCC1. The van der Waals surface area contributed by atoms with Gasteiger partial charge in [0.2, 0.25) is 5.91 Å². The highest BCUT2D eigenvalue weighted by molar-refractivity contribution is 8.00. The monoisotopic (exact) mass is 349 g/mol. The molecule has 2 aliphatic carbocycles. The van der Waals surface area contributed by atoms with Crippen molar-refractivity contribution >= 4 is 17.7 Å². The molecule has 0 spiro atoms. The van der Waals surface area contributed by atoms with Crippen LogP contribution in [0.1, 0.15) is 57.9 Å². The number of hydrogen-bond donors (Lipinski definition) is 1. The largest absolute Gasteiger partial charge is 0.344 e. The first-order valence-electron chi connectivity index (χ1n) is 8.51. The van der Waals surface area contributed by atoms with Gasteiger partial charge in [0.15, 0.2) is 5.16 Å².